The highest BCUT2D eigenvalue weighted by Crippen LogP contribution is 2.16. The van der Waals surface area contributed by atoms with Gasteiger partial charge in [0.25, 0.3) is 0 Å². The number of nitriles is 1. The van der Waals surface area contributed by atoms with Crippen molar-refractivity contribution >= 4 is 6.08 Å². The Balaban J connectivity index is 2.80. The Bertz CT molecular complexity index is 369. The largest absolute Gasteiger partial charge is 0.435 e. The van der Waals surface area contributed by atoms with E-state index in [-0.39, 0.29) is 5.75 Å². The molecule has 2 nitrogen and oxygen atoms in total. The van der Waals surface area contributed by atoms with Crippen LogP contribution in [-0.4, -0.2) is 6.61 Å². The van der Waals surface area contributed by atoms with Crippen molar-refractivity contribution in [3.63, 3.8) is 0 Å². The van der Waals surface area contributed by atoms with Gasteiger partial charge in [-0.2, -0.15) is 14.0 Å². The van der Waals surface area contributed by atoms with E-state index in [0.717, 1.165) is 0 Å². The molecule has 0 aromatic heterocycles. The minimum Gasteiger partial charge on any atom is -0.435 e. The van der Waals surface area contributed by atoms with Crippen LogP contribution >= 0.6 is 0 Å². The molecule has 1 aromatic carbocycles. The lowest BCUT2D eigenvalue weighted by atomic mass is 10.2. The van der Waals surface area contributed by atoms with E-state index in [1.165, 1.54) is 24.3 Å². The second-order valence-corrected chi connectivity index (χ2v) is 2.41. The summed E-state index contributed by atoms with van der Waals surface area (Å²) in [6, 6.07) is 7.93. The minimum atomic E-state index is -2.83. The summed E-state index contributed by atoms with van der Waals surface area (Å²) < 4.78 is 27.8. The Kier molecular flexibility index (Phi) is 3.62. The Labute approximate surface area is 80.0 Å². The van der Waals surface area contributed by atoms with Crippen molar-refractivity contribution in [2.75, 3.05) is 0 Å². The van der Waals surface area contributed by atoms with Crippen LogP contribution in [0.3, 0.4) is 0 Å². The molecule has 0 N–H and O–H groups in total. The van der Waals surface area contributed by atoms with E-state index in [2.05, 4.69) is 4.74 Å². The highest BCUT2D eigenvalue weighted by Gasteiger charge is 2.03. The van der Waals surface area contributed by atoms with Crippen molar-refractivity contribution in [2.24, 2.45) is 0 Å². The lowest BCUT2D eigenvalue weighted by molar-refractivity contribution is -0.0498. The van der Waals surface area contributed by atoms with Gasteiger partial charge in [-0.05, 0) is 23.8 Å². The van der Waals surface area contributed by atoms with Crippen LogP contribution in [0.2, 0.25) is 0 Å². The van der Waals surface area contributed by atoms with Crippen molar-refractivity contribution in [1.29, 1.82) is 5.26 Å². The highest BCUT2D eigenvalue weighted by molar-refractivity contribution is 5.53. The number of hydrogen-bond acceptors (Lipinski definition) is 2. The first kappa shape index (κ1) is 10.2. The van der Waals surface area contributed by atoms with Crippen LogP contribution in [0.25, 0.3) is 6.08 Å². The summed E-state index contributed by atoms with van der Waals surface area (Å²) in [6.07, 6.45) is 2.78. The lowest BCUT2D eigenvalue weighted by Crippen LogP contribution is -2.01. The zero-order chi connectivity index (χ0) is 10.4. The van der Waals surface area contributed by atoms with Crippen LogP contribution in [0.15, 0.2) is 30.3 Å². The zero-order valence-electron chi connectivity index (χ0n) is 7.15. The maximum Gasteiger partial charge on any atom is 0.387 e. The van der Waals surface area contributed by atoms with Gasteiger partial charge in [0.2, 0.25) is 0 Å². The third kappa shape index (κ3) is 3.23. The third-order valence-electron chi connectivity index (χ3n) is 1.43. The van der Waals surface area contributed by atoms with E-state index in [1.807, 2.05) is 0 Å². The van der Waals surface area contributed by atoms with Crippen LogP contribution in [0.1, 0.15) is 5.56 Å². The van der Waals surface area contributed by atoms with Crippen molar-refractivity contribution in [3.8, 4) is 11.8 Å². The van der Waals surface area contributed by atoms with Gasteiger partial charge in [-0.15, -0.1) is 0 Å². The summed E-state index contributed by atoms with van der Waals surface area (Å²) in [5, 5.41) is 8.25. The standard InChI is InChI=1S/C10H7F2NO/c11-10(12)14-9-5-1-3-8(7-9)4-2-6-13/h1-5,7,10H/b4-2+. The van der Waals surface area contributed by atoms with Crippen LogP contribution < -0.4 is 4.74 Å². The number of ether oxygens (including phenoxy) is 1. The molecular formula is C10H7F2NO. The van der Waals surface area contributed by atoms with Gasteiger partial charge in [0.05, 0.1) is 6.07 Å². The summed E-state index contributed by atoms with van der Waals surface area (Å²) in [6.45, 7) is -2.83. The molecule has 0 saturated carbocycles. The quantitative estimate of drug-likeness (QED) is 0.695. The van der Waals surface area contributed by atoms with Crippen molar-refractivity contribution in [2.45, 2.75) is 6.61 Å². The fraction of sp³-hybridized carbons (Fsp3) is 0.100. The molecule has 14 heavy (non-hydrogen) atoms. The van der Waals surface area contributed by atoms with Crippen LogP contribution in [0.5, 0.6) is 5.75 Å². The topological polar surface area (TPSA) is 33.0 Å². The molecule has 0 radical (unpaired) electrons. The van der Waals surface area contributed by atoms with Gasteiger partial charge in [0, 0.05) is 6.08 Å². The molecule has 0 saturated heterocycles. The molecule has 72 valence electrons. The fourth-order valence-corrected chi connectivity index (χ4v) is 0.928. The van der Waals surface area contributed by atoms with E-state index in [0.29, 0.717) is 5.56 Å². The maximum atomic E-state index is 11.8. The molecule has 1 rings (SSSR count). The maximum absolute atomic E-state index is 11.8. The smallest absolute Gasteiger partial charge is 0.387 e. The van der Waals surface area contributed by atoms with Gasteiger partial charge in [-0.25, -0.2) is 0 Å². The molecule has 4 heteroatoms. The number of benzene rings is 1. The first-order valence-electron chi connectivity index (χ1n) is 3.83. The van der Waals surface area contributed by atoms with Gasteiger partial charge in [-0.1, -0.05) is 12.1 Å². The minimum absolute atomic E-state index is 0.0834. The Morgan fingerprint density at radius 3 is 2.86 bits per heavy atom. The van der Waals surface area contributed by atoms with Crippen LogP contribution in [-0.2, 0) is 0 Å². The second-order valence-electron chi connectivity index (χ2n) is 2.41. The molecule has 0 atom stereocenters. The van der Waals surface area contributed by atoms with Gasteiger partial charge in [-0.3, -0.25) is 0 Å². The average molecular weight is 195 g/mol. The fourth-order valence-electron chi connectivity index (χ4n) is 0.928. The summed E-state index contributed by atoms with van der Waals surface area (Å²) in [4.78, 5) is 0. The first-order valence-corrected chi connectivity index (χ1v) is 3.83. The molecule has 0 aliphatic carbocycles. The Morgan fingerprint density at radius 1 is 1.43 bits per heavy atom. The molecule has 0 fully saturated rings. The number of halogens is 2. The van der Waals surface area contributed by atoms with Gasteiger partial charge in [0.15, 0.2) is 0 Å². The Hall–Kier alpha value is -1.89. The van der Waals surface area contributed by atoms with E-state index < -0.39 is 6.61 Å². The Morgan fingerprint density at radius 2 is 2.21 bits per heavy atom. The SMILES string of the molecule is N#C/C=C/c1cccc(OC(F)F)c1. The highest BCUT2D eigenvalue weighted by atomic mass is 19.3. The molecule has 1 aromatic rings. The summed E-state index contributed by atoms with van der Waals surface area (Å²) in [5.74, 6) is 0.0834. The van der Waals surface area contributed by atoms with Crippen LogP contribution in [0, 0.1) is 11.3 Å². The number of allylic oxidation sites excluding steroid dienone is 1. The zero-order valence-corrected chi connectivity index (χ0v) is 7.15. The number of rotatable bonds is 3. The lowest BCUT2D eigenvalue weighted by Gasteiger charge is -2.03. The van der Waals surface area contributed by atoms with Crippen LogP contribution in [0.4, 0.5) is 8.78 Å². The van der Waals surface area contributed by atoms with Gasteiger partial charge >= 0.3 is 6.61 Å². The van der Waals surface area contributed by atoms with Crippen molar-refractivity contribution in [1.82, 2.24) is 0 Å². The van der Waals surface area contributed by atoms with Gasteiger partial charge in [0.1, 0.15) is 5.75 Å². The molecule has 0 bridgehead atoms. The predicted octanol–water partition coefficient (Wildman–Crippen LogP) is 2.82. The van der Waals surface area contributed by atoms with E-state index >= 15 is 0 Å². The second kappa shape index (κ2) is 4.97. The van der Waals surface area contributed by atoms with E-state index in [1.54, 1.807) is 18.2 Å². The van der Waals surface area contributed by atoms with Crippen molar-refractivity contribution in [3.05, 3.63) is 35.9 Å². The van der Waals surface area contributed by atoms with Crippen molar-refractivity contribution < 1.29 is 13.5 Å². The third-order valence-corrected chi connectivity index (χ3v) is 1.43. The predicted molar refractivity (Wildman–Crippen MR) is 47.7 cm³/mol. The summed E-state index contributed by atoms with van der Waals surface area (Å²) in [7, 11) is 0. The number of hydrogen-bond donors (Lipinski definition) is 0. The molecule has 0 unspecified atom stereocenters. The summed E-state index contributed by atoms with van der Waals surface area (Å²) in [5.41, 5.74) is 0.643. The molecule has 0 amide bonds. The van der Waals surface area contributed by atoms with E-state index in [4.69, 9.17) is 5.26 Å². The first-order chi connectivity index (χ1) is 6.72. The summed E-state index contributed by atoms with van der Waals surface area (Å²) >= 11 is 0. The normalized spacial score (nSPS) is 10.4. The molecular weight excluding hydrogens is 188 g/mol. The monoisotopic (exact) mass is 195 g/mol. The molecule has 0 spiro atoms. The molecule has 0 aliphatic rings. The average Bonchev–Trinajstić information content (AvgIpc) is 2.14. The molecule has 0 heterocycles. The number of nitrogens with zero attached hydrogens (tertiary/aromatic N) is 1. The van der Waals surface area contributed by atoms with Gasteiger partial charge < -0.3 is 4.74 Å². The number of alkyl halides is 2. The van der Waals surface area contributed by atoms with E-state index in [9.17, 15) is 8.78 Å². The molecule has 0 aliphatic heterocycles.